The Kier molecular flexibility index (Phi) is 55.7. The van der Waals surface area contributed by atoms with Crippen molar-refractivity contribution in [1.29, 1.82) is 5.41 Å². The fourth-order valence-corrected chi connectivity index (χ4v) is 17.1. The molecular formula is C97H156N24O28. The number of carboxylic acids is 5. The third-order valence-electron chi connectivity index (χ3n) is 25.0. The average molecular weight is 2110 g/mol. The van der Waals surface area contributed by atoms with Crippen LogP contribution in [0.1, 0.15) is 220 Å². The topological polar surface area (TPSA) is 858 Å². The van der Waals surface area contributed by atoms with Gasteiger partial charge in [-0.3, -0.25) is 101 Å². The van der Waals surface area contributed by atoms with E-state index in [1.165, 1.54) is 45.2 Å². The zero-order valence-corrected chi connectivity index (χ0v) is 85.9. The van der Waals surface area contributed by atoms with Crippen molar-refractivity contribution in [3.8, 4) is 5.75 Å². The van der Waals surface area contributed by atoms with Crippen LogP contribution in [-0.4, -0.2) is 343 Å². The second-order valence-corrected chi connectivity index (χ2v) is 39.1. The summed E-state index contributed by atoms with van der Waals surface area (Å²) in [4.78, 5) is 297. The van der Waals surface area contributed by atoms with E-state index in [1.54, 1.807) is 65.0 Å². The fourth-order valence-electron chi connectivity index (χ4n) is 17.1. The number of rotatable bonds is 69. The van der Waals surface area contributed by atoms with E-state index in [-0.39, 0.29) is 161 Å². The summed E-state index contributed by atoms with van der Waals surface area (Å²) in [7, 11) is 1.23. The molecule has 832 valence electrons. The fraction of sp³-hybridized carbons (Fsp3) is 0.649. The number of aliphatic hydroxyl groups is 1. The van der Waals surface area contributed by atoms with E-state index in [9.17, 15) is 117 Å². The van der Waals surface area contributed by atoms with Crippen molar-refractivity contribution in [3.05, 3.63) is 65.7 Å². The molecule has 0 aromatic heterocycles. The molecule has 2 aromatic rings. The predicted molar refractivity (Wildman–Crippen MR) is 539 cm³/mol. The number of nitrogens with zero attached hydrogens (tertiary/aromatic N) is 3. The molecular weight excluding hydrogens is 1950 g/mol. The highest BCUT2D eigenvalue weighted by Gasteiger charge is 2.47. The maximum Gasteiger partial charge on any atom is 0.326 e. The van der Waals surface area contributed by atoms with Gasteiger partial charge in [-0.1, -0.05) is 90.9 Å². The van der Waals surface area contributed by atoms with Crippen LogP contribution in [0.25, 0.3) is 0 Å². The number of amides is 16. The van der Waals surface area contributed by atoms with Gasteiger partial charge in [0.05, 0.1) is 25.5 Å². The first-order valence-electron chi connectivity index (χ1n) is 50.3. The molecule has 0 aliphatic carbocycles. The second kappa shape index (κ2) is 65.1. The number of unbranched alkanes of at least 4 members (excludes halogenated alkanes) is 4. The number of aliphatic hydroxyl groups excluding tert-OH is 1. The number of aliphatic carboxylic acids is 5. The normalized spacial score (nSPS) is 16.4. The number of phenols is 1. The molecule has 16 amide bonds. The Labute approximate surface area is 864 Å². The Morgan fingerprint density at radius 1 is 0.416 bits per heavy atom. The van der Waals surface area contributed by atoms with E-state index >= 15 is 19.2 Å². The van der Waals surface area contributed by atoms with E-state index in [0.29, 0.717) is 36.8 Å². The molecule has 0 saturated carbocycles. The minimum absolute atomic E-state index is 0.00417. The first-order chi connectivity index (χ1) is 70.3. The molecule has 0 bridgehead atoms. The van der Waals surface area contributed by atoms with E-state index in [4.69, 9.17) is 39.8 Å². The molecule has 34 N–H and O–H groups in total. The second-order valence-electron chi connectivity index (χ2n) is 39.1. The molecule has 0 radical (unpaired) electrons. The highest BCUT2D eigenvalue weighted by atomic mass is 16.4. The molecule has 52 heteroatoms. The number of likely N-dealkylation sites (N-methyl/N-ethyl adjacent to an activating group) is 1. The summed E-state index contributed by atoms with van der Waals surface area (Å²) in [6, 6.07) is -13.6. The number of aromatic hydroxyl groups is 1. The van der Waals surface area contributed by atoms with Crippen molar-refractivity contribution in [1.82, 2.24) is 89.1 Å². The van der Waals surface area contributed by atoms with Crippen LogP contribution in [0.2, 0.25) is 0 Å². The molecule has 2 heterocycles. The molecule has 2 fully saturated rings. The van der Waals surface area contributed by atoms with E-state index in [2.05, 4.69) is 74.4 Å². The van der Waals surface area contributed by atoms with Crippen LogP contribution in [0.4, 0.5) is 0 Å². The summed E-state index contributed by atoms with van der Waals surface area (Å²) in [5.74, 6) is -25.3. The van der Waals surface area contributed by atoms with Gasteiger partial charge in [0, 0.05) is 52.4 Å². The van der Waals surface area contributed by atoms with Crippen molar-refractivity contribution in [2.45, 2.75) is 325 Å². The van der Waals surface area contributed by atoms with Crippen molar-refractivity contribution in [3.63, 3.8) is 0 Å². The average Bonchev–Trinajstić information content (AvgIpc) is 1.69. The summed E-state index contributed by atoms with van der Waals surface area (Å²) in [5, 5.41) is 114. The Morgan fingerprint density at radius 3 is 1.19 bits per heavy atom. The third kappa shape index (κ3) is 44.6. The van der Waals surface area contributed by atoms with Gasteiger partial charge in [0.2, 0.25) is 94.5 Å². The summed E-state index contributed by atoms with van der Waals surface area (Å²) in [5.41, 5.74) is 33.9. The zero-order valence-electron chi connectivity index (χ0n) is 85.9. The number of nitrogens with two attached hydrogens (primary N) is 6. The molecule has 4 rings (SSSR count). The quantitative estimate of drug-likeness (QED) is 0.0167. The number of benzene rings is 2. The van der Waals surface area contributed by atoms with Gasteiger partial charge in [0.1, 0.15) is 102 Å². The standard InChI is InChI=1S/C97H156N24O28/c1-53(2)47-69(92(145)119(8)78(97(5,6)7)91(144)117-70(52-122)94(147)121-46-22-31-72(121)88(141)109-61(27-14-18-42-100)80(133)108-62(36-38-73(124)125)83(136)106-59(25-12-16-40-98)81(134)112-65(95(148)149)28-15-19-43-101)116-84(137)63(37-39-74(126)127)110-89(142)71-30-21-45-120(71)93(146)64(29-20-44-105-96(103)104)111-90(143)77(54(3)4)118-87(140)67(49-56-32-34-57(123)35-33-56)114-82(135)60(26-13-17-41-99)107-86(139)68(51-76(130)131)115-85(138)66(48-55-23-10-9-11-24-55)113-79(132)58(102)50-75(128)129/h9-11,23-24,32-35,53-54,58-72,77-78,122-123H,12-22,25-31,36-52,98-102H2,1-8H3,(H,106,136)(H,107,139)(H,108,133)(H,109,141)(H,110,142)(H,111,143)(H,112,134)(H,113,132)(H,114,135)(H,115,138)(H,116,137)(H,117,144)(H,118,140)(H,124,125)(H,126,127)(H,128,129)(H,130,131)(H,148,149)(H4,103,104,105)/t58-,59-,60-,61-,62-,63-,64-,65-,66-,67-,68-,69-,70-,71-,72-,77-,78+/m0/s1. The number of phenolic OH excluding ortho intramolecular Hbond substituents is 1. The Balaban J connectivity index is 1.63. The Bertz CT molecular complexity index is 4840. The molecule has 17 atom stereocenters. The predicted octanol–water partition coefficient (Wildman–Crippen LogP) is -5.10. The summed E-state index contributed by atoms with van der Waals surface area (Å²) >= 11 is 0. The first kappa shape index (κ1) is 127. The Morgan fingerprint density at radius 2 is 0.779 bits per heavy atom. The van der Waals surface area contributed by atoms with Gasteiger partial charge in [0.25, 0.3) is 0 Å². The van der Waals surface area contributed by atoms with Crippen molar-refractivity contribution < 1.29 is 136 Å². The van der Waals surface area contributed by atoms with Crippen LogP contribution in [-0.2, 0) is 114 Å². The maximum atomic E-state index is 15.3. The minimum atomic E-state index is -1.97. The molecule has 2 saturated heterocycles. The number of carboxylic acid groups (broad SMARTS) is 5. The zero-order chi connectivity index (χ0) is 112. The monoisotopic (exact) mass is 2110 g/mol. The third-order valence-corrected chi connectivity index (χ3v) is 25.0. The maximum absolute atomic E-state index is 15.3. The van der Waals surface area contributed by atoms with E-state index < -0.39 is 295 Å². The molecule has 52 nitrogen and oxygen atoms in total. The van der Waals surface area contributed by atoms with Crippen LogP contribution in [0.15, 0.2) is 54.6 Å². The lowest BCUT2D eigenvalue weighted by molar-refractivity contribution is -0.148. The molecule has 2 aliphatic heterocycles. The van der Waals surface area contributed by atoms with E-state index in [0.717, 1.165) is 14.7 Å². The summed E-state index contributed by atoms with van der Waals surface area (Å²) < 4.78 is 0. The van der Waals surface area contributed by atoms with Gasteiger partial charge in [-0.05, 0) is 202 Å². The highest BCUT2D eigenvalue weighted by molar-refractivity contribution is 6.02. The number of likely N-dealkylation sites (tertiary alicyclic amines) is 2. The van der Waals surface area contributed by atoms with Gasteiger partial charge in [-0.15, -0.1) is 0 Å². The molecule has 0 unspecified atom stereocenters. The summed E-state index contributed by atoms with van der Waals surface area (Å²) in [6.07, 6.45) is -3.31. The van der Waals surface area contributed by atoms with Gasteiger partial charge in [0.15, 0.2) is 5.96 Å². The first-order valence-corrected chi connectivity index (χ1v) is 50.3. The van der Waals surface area contributed by atoms with Crippen molar-refractivity contribution >= 4 is 130 Å². The SMILES string of the molecule is CC(C)C[C@H](NC(=O)[C@H](CCC(=O)O)NC(=O)[C@@H]1CCCN1C(=O)[C@H](CCCNC(=N)N)NC(=O)[C@@H](NC(=O)[C@H](Cc1ccc(O)cc1)NC(=O)[C@H](CCCCN)NC(=O)[C@H](CC(=O)O)NC(=O)[C@H](Cc1ccccc1)NC(=O)[C@@H](N)CC(=O)O)C(C)C)C(=O)N(C)[C@H](C(=O)N[C@@H](CO)C(=O)N1CCC[C@H]1C(=O)N[C@@H](CCCCN)C(=O)N[C@@H](CCC(=O)O)C(=O)N[C@@H](CCCCN)C(=O)N[C@@H](CCCCN)C(=O)O)C(C)(C)C. The molecule has 0 spiro atoms. The molecule has 149 heavy (non-hydrogen) atoms. The van der Waals surface area contributed by atoms with E-state index in [1.807, 2.05) is 0 Å². The molecule has 2 aromatic carbocycles. The lowest BCUT2D eigenvalue weighted by atomic mass is 9.84. The smallest absolute Gasteiger partial charge is 0.326 e. The van der Waals surface area contributed by atoms with Gasteiger partial charge in [-0.25, -0.2) is 4.79 Å². The number of carbonyl (C=O) groups is 21. The van der Waals surface area contributed by atoms with Gasteiger partial charge < -0.3 is 159 Å². The number of hydrogen-bond donors (Lipinski definition) is 28. The van der Waals surface area contributed by atoms with Crippen LogP contribution in [0, 0.1) is 22.7 Å². The Hall–Kier alpha value is -13.9. The van der Waals surface area contributed by atoms with Crippen LogP contribution < -0.4 is 109 Å². The largest absolute Gasteiger partial charge is 0.508 e. The molecule has 2 aliphatic rings. The number of guanidine groups is 1. The highest BCUT2D eigenvalue weighted by Crippen LogP contribution is 2.29. The van der Waals surface area contributed by atoms with Gasteiger partial charge >= 0.3 is 29.8 Å². The summed E-state index contributed by atoms with van der Waals surface area (Å²) in [6.45, 7) is 10.4. The van der Waals surface area contributed by atoms with Crippen LogP contribution in [0.3, 0.4) is 0 Å². The lowest BCUT2D eigenvalue weighted by Gasteiger charge is -2.39. The van der Waals surface area contributed by atoms with Crippen LogP contribution >= 0.6 is 0 Å². The van der Waals surface area contributed by atoms with Crippen molar-refractivity contribution in [2.75, 3.05) is 59.5 Å². The minimum Gasteiger partial charge on any atom is -0.508 e. The number of nitrogens with one attached hydrogen (secondary N) is 15. The van der Waals surface area contributed by atoms with Gasteiger partial charge in [-0.2, -0.15) is 0 Å². The lowest BCUT2D eigenvalue weighted by Crippen LogP contribution is -2.63. The van der Waals surface area contributed by atoms with Crippen LogP contribution in [0.5, 0.6) is 5.75 Å². The number of carbonyl (C=O) groups excluding carboxylic acids is 16. The van der Waals surface area contributed by atoms with Crippen molar-refractivity contribution in [2.24, 2.45) is 51.7 Å². The number of hydrogen-bond acceptors (Lipinski definition) is 29.